The van der Waals surface area contributed by atoms with Crippen molar-refractivity contribution in [1.82, 2.24) is 9.80 Å². The first kappa shape index (κ1) is 22.0. The predicted octanol–water partition coefficient (Wildman–Crippen LogP) is 4.35. The zero-order chi connectivity index (χ0) is 21.0. The van der Waals surface area contributed by atoms with Crippen LogP contribution >= 0.6 is 23.2 Å². The van der Waals surface area contributed by atoms with Crippen molar-refractivity contribution >= 4 is 34.6 Å². The van der Waals surface area contributed by atoms with Gasteiger partial charge >= 0.3 is 0 Å². The fourth-order valence-corrected chi connectivity index (χ4v) is 4.28. The number of nitrogen functional groups attached to an aromatic ring is 2. The molecule has 4 rings (SSSR count). The zero-order valence-corrected chi connectivity index (χ0v) is 18.6. The molecule has 5 nitrogen and oxygen atoms in total. The van der Waals surface area contributed by atoms with Crippen molar-refractivity contribution in [2.75, 3.05) is 51.7 Å². The van der Waals surface area contributed by atoms with Crippen LogP contribution in [0.15, 0.2) is 36.4 Å². The van der Waals surface area contributed by atoms with Gasteiger partial charge in [0.25, 0.3) is 0 Å². The summed E-state index contributed by atoms with van der Waals surface area (Å²) in [6, 6.07) is 11.1. The highest BCUT2D eigenvalue weighted by molar-refractivity contribution is 6.32. The van der Waals surface area contributed by atoms with Gasteiger partial charge in [-0.1, -0.05) is 23.2 Å². The van der Waals surface area contributed by atoms with E-state index in [1.807, 2.05) is 18.2 Å². The fraction of sp³-hybridized carbons (Fsp3) is 0.455. The highest BCUT2D eigenvalue weighted by Crippen LogP contribution is 2.32. The van der Waals surface area contributed by atoms with E-state index in [1.54, 1.807) is 18.2 Å². The van der Waals surface area contributed by atoms with Crippen LogP contribution in [0, 0.1) is 0 Å². The normalized spacial score (nSPS) is 22.3. The quantitative estimate of drug-likeness (QED) is 0.699. The van der Waals surface area contributed by atoms with E-state index in [0.29, 0.717) is 22.4 Å². The summed E-state index contributed by atoms with van der Waals surface area (Å²) in [5.74, 6) is 1.24. The molecule has 0 aliphatic carbocycles. The van der Waals surface area contributed by atoms with Crippen LogP contribution in [0.5, 0.6) is 5.75 Å². The molecule has 158 valence electrons. The van der Waals surface area contributed by atoms with Gasteiger partial charge in [0.1, 0.15) is 11.9 Å². The van der Waals surface area contributed by atoms with E-state index >= 15 is 0 Å². The number of nitrogens with two attached hydrogens (primary N) is 2. The monoisotopic (exact) mass is 436 g/mol. The molecule has 0 radical (unpaired) electrons. The van der Waals surface area contributed by atoms with E-state index in [4.69, 9.17) is 39.4 Å². The Morgan fingerprint density at radius 3 is 2.10 bits per heavy atom. The summed E-state index contributed by atoms with van der Waals surface area (Å²) in [6.45, 7) is 4.26. The molecule has 0 bridgehead atoms. The van der Waals surface area contributed by atoms with Gasteiger partial charge < -0.3 is 26.0 Å². The minimum Gasteiger partial charge on any atom is -0.487 e. The molecular weight excluding hydrogens is 407 g/mol. The van der Waals surface area contributed by atoms with E-state index in [0.717, 1.165) is 43.3 Å². The number of hydrogen-bond donors (Lipinski definition) is 2. The second kappa shape index (κ2) is 9.90. The van der Waals surface area contributed by atoms with E-state index in [1.165, 1.54) is 12.0 Å². The highest BCUT2D eigenvalue weighted by atomic mass is 35.5. The first-order chi connectivity index (χ1) is 13.8. The minimum atomic E-state index is 0.231. The third-order valence-electron chi connectivity index (χ3n) is 5.45. The zero-order valence-electron chi connectivity index (χ0n) is 17.1. The Labute approximate surface area is 183 Å². The van der Waals surface area contributed by atoms with Gasteiger partial charge in [-0.25, -0.2) is 0 Å². The van der Waals surface area contributed by atoms with Crippen molar-refractivity contribution in [3.63, 3.8) is 0 Å². The van der Waals surface area contributed by atoms with E-state index in [9.17, 15) is 0 Å². The highest BCUT2D eigenvalue weighted by Gasteiger charge is 2.23. The Kier molecular flexibility index (Phi) is 7.52. The number of likely N-dealkylation sites (tertiary alicyclic amines) is 2. The summed E-state index contributed by atoms with van der Waals surface area (Å²) in [5, 5.41) is 1.47. The van der Waals surface area contributed by atoms with Crippen molar-refractivity contribution in [2.45, 2.75) is 24.9 Å². The van der Waals surface area contributed by atoms with Crippen LogP contribution in [0.1, 0.15) is 24.3 Å². The van der Waals surface area contributed by atoms with Crippen LogP contribution in [-0.2, 0) is 0 Å². The van der Waals surface area contributed by atoms with Gasteiger partial charge in [0, 0.05) is 42.1 Å². The van der Waals surface area contributed by atoms with Crippen LogP contribution in [0.3, 0.4) is 0 Å². The molecule has 2 fully saturated rings. The van der Waals surface area contributed by atoms with Gasteiger partial charge in [-0.3, -0.25) is 0 Å². The molecule has 29 heavy (non-hydrogen) atoms. The van der Waals surface area contributed by atoms with Gasteiger partial charge in [-0.2, -0.15) is 0 Å². The summed E-state index contributed by atoms with van der Waals surface area (Å²) in [6.07, 6.45) is 2.45. The summed E-state index contributed by atoms with van der Waals surface area (Å²) in [4.78, 5) is 4.56. The number of likely N-dealkylation sites (N-methyl/N-ethyl adjacent to an activating group) is 2. The standard InChI is InChI=1S/C11H15ClN2O.C11H15ClN2/c1-14-5-4-9(7-14)15-11-6-8(13)2-3-10(11)12;1-14-5-4-8(7-14)10-6-9(13)2-3-11(10)12/h2-3,6,9H,4-5,7,13H2,1H3;2-3,6,8H,4-5,7,13H2,1H3/t9-;8-/m10/s1. The predicted molar refractivity (Wildman–Crippen MR) is 123 cm³/mol. The summed E-state index contributed by atoms with van der Waals surface area (Å²) < 4.78 is 5.80. The molecule has 2 aromatic carbocycles. The van der Waals surface area contributed by atoms with Gasteiger partial charge in [0.15, 0.2) is 0 Å². The smallest absolute Gasteiger partial charge is 0.140 e. The summed E-state index contributed by atoms with van der Waals surface area (Å²) in [5.41, 5.74) is 14.1. The molecule has 0 amide bonds. The molecule has 2 saturated heterocycles. The lowest BCUT2D eigenvalue weighted by molar-refractivity contribution is 0.208. The first-order valence-corrected chi connectivity index (χ1v) is 10.7. The van der Waals surface area contributed by atoms with E-state index in [-0.39, 0.29) is 6.10 Å². The van der Waals surface area contributed by atoms with Crippen LogP contribution < -0.4 is 16.2 Å². The van der Waals surface area contributed by atoms with Crippen LogP contribution in [0.4, 0.5) is 11.4 Å². The van der Waals surface area contributed by atoms with Crippen molar-refractivity contribution < 1.29 is 4.74 Å². The lowest BCUT2D eigenvalue weighted by Crippen LogP contribution is -2.21. The number of anilines is 2. The summed E-state index contributed by atoms with van der Waals surface area (Å²) >= 11 is 12.2. The van der Waals surface area contributed by atoms with E-state index < -0.39 is 0 Å². The Morgan fingerprint density at radius 1 is 0.862 bits per heavy atom. The van der Waals surface area contributed by atoms with E-state index in [2.05, 4.69) is 23.9 Å². The fourth-order valence-electron chi connectivity index (χ4n) is 3.84. The number of nitrogens with zero attached hydrogens (tertiary/aromatic N) is 2. The lowest BCUT2D eigenvalue weighted by Gasteiger charge is -2.15. The first-order valence-electron chi connectivity index (χ1n) is 9.95. The Bertz CT molecular complexity index is 832. The third-order valence-corrected chi connectivity index (χ3v) is 6.10. The molecule has 2 aliphatic rings. The largest absolute Gasteiger partial charge is 0.487 e. The Hall–Kier alpha value is -1.66. The van der Waals surface area contributed by atoms with Crippen LogP contribution in [0.2, 0.25) is 10.0 Å². The Balaban J connectivity index is 0.000000166. The SMILES string of the molecule is CN1CC[C@@H](Oc2cc(N)ccc2Cl)C1.CN1CC[C@H](c2cc(N)ccc2Cl)C1. The van der Waals surface area contributed by atoms with Crippen LogP contribution in [-0.4, -0.2) is 56.2 Å². The van der Waals surface area contributed by atoms with Gasteiger partial charge in [-0.05, 0) is 75.3 Å². The topological polar surface area (TPSA) is 67.8 Å². The third kappa shape index (κ3) is 6.16. The number of ether oxygens (including phenoxy) is 1. The molecule has 7 heteroatoms. The molecule has 4 N–H and O–H groups in total. The molecule has 2 atom stereocenters. The molecule has 0 aromatic heterocycles. The second-order valence-electron chi connectivity index (χ2n) is 8.01. The number of benzene rings is 2. The van der Waals surface area contributed by atoms with Gasteiger partial charge in [-0.15, -0.1) is 0 Å². The van der Waals surface area contributed by atoms with Crippen LogP contribution in [0.25, 0.3) is 0 Å². The molecule has 0 saturated carbocycles. The maximum absolute atomic E-state index is 6.15. The number of rotatable bonds is 3. The molecule has 2 aliphatic heterocycles. The molecule has 0 spiro atoms. The average Bonchev–Trinajstić information content (AvgIpc) is 3.29. The second-order valence-corrected chi connectivity index (χ2v) is 8.82. The van der Waals surface area contributed by atoms with Crippen molar-refractivity contribution in [3.05, 3.63) is 52.0 Å². The molecule has 0 unspecified atom stereocenters. The number of halogens is 2. The maximum atomic E-state index is 6.15. The minimum absolute atomic E-state index is 0.231. The van der Waals surface area contributed by atoms with Crippen molar-refractivity contribution in [1.29, 1.82) is 0 Å². The van der Waals surface area contributed by atoms with Gasteiger partial charge in [0.2, 0.25) is 0 Å². The lowest BCUT2D eigenvalue weighted by atomic mass is 9.98. The molecular formula is C22H30Cl2N4O. The molecule has 2 heterocycles. The summed E-state index contributed by atoms with van der Waals surface area (Å²) in [7, 11) is 4.23. The van der Waals surface area contributed by atoms with Gasteiger partial charge in [0.05, 0.1) is 5.02 Å². The average molecular weight is 437 g/mol. The van der Waals surface area contributed by atoms with Crippen molar-refractivity contribution in [3.8, 4) is 5.75 Å². The number of hydrogen-bond acceptors (Lipinski definition) is 5. The molecule has 2 aromatic rings. The van der Waals surface area contributed by atoms with Crippen molar-refractivity contribution in [2.24, 2.45) is 0 Å². The Morgan fingerprint density at radius 2 is 1.48 bits per heavy atom. The maximum Gasteiger partial charge on any atom is 0.140 e.